The van der Waals surface area contributed by atoms with E-state index in [-0.39, 0.29) is 17.6 Å². The van der Waals surface area contributed by atoms with E-state index in [0.29, 0.717) is 18.7 Å². The number of likely N-dealkylation sites (tertiary alicyclic amines) is 1. The first-order valence-corrected chi connectivity index (χ1v) is 8.35. The van der Waals surface area contributed by atoms with Crippen LogP contribution in [0.2, 0.25) is 0 Å². The van der Waals surface area contributed by atoms with Gasteiger partial charge in [-0.3, -0.25) is 14.3 Å². The minimum absolute atomic E-state index is 0.0198. The fraction of sp³-hybridized carbons (Fsp3) is 0.389. The lowest BCUT2D eigenvalue weighted by Gasteiger charge is -2.38. The van der Waals surface area contributed by atoms with Gasteiger partial charge in [0.1, 0.15) is 5.82 Å². The monoisotopic (exact) mass is 344 g/mol. The van der Waals surface area contributed by atoms with Gasteiger partial charge in [0.15, 0.2) is 5.82 Å². The first kappa shape index (κ1) is 17.1. The van der Waals surface area contributed by atoms with Gasteiger partial charge in [0.25, 0.3) is 0 Å². The number of benzene rings is 1. The average Bonchev–Trinajstić information content (AvgIpc) is 3.05. The molecule has 7 heteroatoms. The Balaban J connectivity index is 1.84. The van der Waals surface area contributed by atoms with Crippen molar-refractivity contribution >= 4 is 17.6 Å². The molecule has 2 aromatic rings. The normalized spacial score (nSPS) is 20.6. The Morgan fingerprint density at radius 3 is 2.68 bits per heavy atom. The Morgan fingerprint density at radius 2 is 2.04 bits per heavy atom. The fourth-order valence-electron chi connectivity index (χ4n) is 3.25. The topological polar surface area (TPSA) is 67.2 Å². The van der Waals surface area contributed by atoms with E-state index in [1.807, 2.05) is 6.92 Å². The molecule has 1 aromatic carbocycles. The number of aromatic nitrogens is 2. The molecule has 0 radical (unpaired) electrons. The standard InChI is InChI=1S/C18H21FN4O2/c1-3-23-11-10-15(21-23)20-18(25)14-8-9-16(24)22(2)17(14)12-4-6-13(19)7-5-12/h4-7,10-11,14,17H,3,8-9H2,1-2H3,(H,20,21,25)/t14-,17+/m0/s1. The lowest BCUT2D eigenvalue weighted by atomic mass is 9.84. The molecule has 0 bridgehead atoms. The van der Waals surface area contributed by atoms with E-state index in [4.69, 9.17) is 0 Å². The van der Waals surface area contributed by atoms with Gasteiger partial charge in [0.05, 0.1) is 12.0 Å². The number of carbonyl (C=O) groups excluding carboxylic acids is 2. The van der Waals surface area contributed by atoms with Crippen molar-refractivity contribution in [2.45, 2.75) is 32.4 Å². The molecule has 25 heavy (non-hydrogen) atoms. The van der Waals surface area contributed by atoms with Crippen molar-refractivity contribution in [1.82, 2.24) is 14.7 Å². The smallest absolute Gasteiger partial charge is 0.231 e. The summed E-state index contributed by atoms with van der Waals surface area (Å²) in [5.41, 5.74) is 0.746. The van der Waals surface area contributed by atoms with Crippen molar-refractivity contribution in [3.63, 3.8) is 0 Å². The van der Waals surface area contributed by atoms with Crippen LogP contribution in [0.5, 0.6) is 0 Å². The zero-order chi connectivity index (χ0) is 18.0. The van der Waals surface area contributed by atoms with Crippen LogP contribution in [-0.4, -0.2) is 33.5 Å². The molecule has 0 unspecified atom stereocenters. The second kappa shape index (κ2) is 7.04. The predicted octanol–water partition coefficient (Wildman–Crippen LogP) is 2.59. The summed E-state index contributed by atoms with van der Waals surface area (Å²) in [5, 5.41) is 7.09. The highest BCUT2D eigenvalue weighted by Crippen LogP contribution is 2.36. The third-order valence-corrected chi connectivity index (χ3v) is 4.63. The molecule has 2 amide bonds. The van der Waals surface area contributed by atoms with Gasteiger partial charge in [0.2, 0.25) is 11.8 Å². The molecule has 0 saturated carbocycles. The Hall–Kier alpha value is -2.70. The Bertz CT molecular complexity index is 772. The van der Waals surface area contributed by atoms with Gasteiger partial charge in [-0.1, -0.05) is 12.1 Å². The highest BCUT2D eigenvalue weighted by atomic mass is 19.1. The molecule has 0 aliphatic carbocycles. The summed E-state index contributed by atoms with van der Waals surface area (Å²) in [6, 6.07) is 7.27. The Morgan fingerprint density at radius 1 is 1.32 bits per heavy atom. The van der Waals surface area contributed by atoms with E-state index < -0.39 is 12.0 Å². The maximum atomic E-state index is 13.2. The number of amides is 2. The van der Waals surface area contributed by atoms with Crippen LogP contribution in [0.1, 0.15) is 31.4 Å². The van der Waals surface area contributed by atoms with Gasteiger partial charge in [0, 0.05) is 32.3 Å². The number of aryl methyl sites for hydroxylation is 1. The first-order valence-electron chi connectivity index (χ1n) is 8.35. The van der Waals surface area contributed by atoms with Crippen LogP contribution in [0.25, 0.3) is 0 Å². The number of nitrogens with one attached hydrogen (secondary N) is 1. The van der Waals surface area contributed by atoms with E-state index in [2.05, 4.69) is 10.4 Å². The second-order valence-corrected chi connectivity index (χ2v) is 6.19. The summed E-state index contributed by atoms with van der Waals surface area (Å²) >= 11 is 0. The van der Waals surface area contributed by atoms with Gasteiger partial charge >= 0.3 is 0 Å². The second-order valence-electron chi connectivity index (χ2n) is 6.19. The summed E-state index contributed by atoms with van der Waals surface area (Å²) in [6.45, 7) is 2.68. The highest BCUT2D eigenvalue weighted by molar-refractivity contribution is 5.94. The Kier molecular flexibility index (Phi) is 4.83. The number of hydrogen-bond donors (Lipinski definition) is 1. The van der Waals surface area contributed by atoms with Gasteiger partial charge in [-0.2, -0.15) is 5.10 Å². The number of hydrogen-bond acceptors (Lipinski definition) is 3. The third kappa shape index (κ3) is 3.55. The number of rotatable bonds is 4. The zero-order valence-electron chi connectivity index (χ0n) is 14.3. The summed E-state index contributed by atoms with van der Waals surface area (Å²) < 4.78 is 15.0. The predicted molar refractivity (Wildman–Crippen MR) is 91.2 cm³/mol. The van der Waals surface area contributed by atoms with Crippen LogP contribution >= 0.6 is 0 Å². The molecule has 2 atom stereocenters. The zero-order valence-corrected chi connectivity index (χ0v) is 14.3. The van der Waals surface area contributed by atoms with Gasteiger partial charge in [-0.15, -0.1) is 0 Å². The van der Waals surface area contributed by atoms with E-state index in [9.17, 15) is 14.0 Å². The minimum atomic E-state index is -0.421. The summed E-state index contributed by atoms with van der Waals surface area (Å²) in [7, 11) is 1.68. The van der Waals surface area contributed by atoms with Crippen molar-refractivity contribution in [2.24, 2.45) is 5.92 Å². The molecule has 1 aromatic heterocycles. The maximum absolute atomic E-state index is 13.2. The van der Waals surface area contributed by atoms with Gasteiger partial charge < -0.3 is 10.2 Å². The molecule has 1 fully saturated rings. The molecule has 3 rings (SSSR count). The van der Waals surface area contributed by atoms with Crippen molar-refractivity contribution < 1.29 is 14.0 Å². The van der Waals surface area contributed by atoms with Crippen molar-refractivity contribution in [2.75, 3.05) is 12.4 Å². The van der Waals surface area contributed by atoms with Crippen LogP contribution in [0.4, 0.5) is 10.2 Å². The van der Waals surface area contributed by atoms with E-state index in [1.54, 1.807) is 41.0 Å². The fourth-order valence-corrected chi connectivity index (χ4v) is 3.25. The molecule has 132 valence electrons. The molecular weight excluding hydrogens is 323 g/mol. The number of piperidine rings is 1. The molecule has 6 nitrogen and oxygen atoms in total. The highest BCUT2D eigenvalue weighted by Gasteiger charge is 2.39. The molecule has 1 aliphatic rings. The Labute approximate surface area is 145 Å². The molecular formula is C18H21FN4O2. The van der Waals surface area contributed by atoms with Crippen LogP contribution in [0.3, 0.4) is 0 Å². The SMILES string of the molecule is CCn1ccc(NC(=O)[C@H]2CCC(=O)N(C)[C@@H]2c2ccc(F)cc2)n1. The van der Waals surface area contributed by atoms with E-state index in [0.717, 1.165) is 12.1 Å². The molecule has 1 aliphatic heterocycles. The molecule has 0 spiro atoms. The molecule has 2 heterocycles. The van der Waals surface area contributed by atoms with Crippen molar-refractivity contribution in [1.29, 1.82) is 0 Å². The van der Waals surface area contributed by atoms with E-state index >= 15 is 0 Å². The van der Waals surface area contributed by atoms with Gasteiger partial charge in [-0.25, -0.2) is 4.39 Å². The lowest BCUT2D eigenvalue weighted by molar-refractivity contribution is -0.140. The summed E-state index contributed by atoms with van der Waals surface area (Å²) in [4.78, 5) is 26.5. The number of anilines is 1. The summed E-state index contributed by atoms with van der Waals surface area (Å²) in [5.74, 6) is -0.479. The van der Waals surface area contributed by atoms with Crippen molar-refractivity contribution in [3.05, 3.63) is 47.9 Å². The van der Waals surface area contributed by atoms with Crippen LogP contribution in [-0.2, 0) is 16.1 Å². The van der Waals surface area contributed by atoms with Crippen LogP contribution < -0.4 is 5.32 Å². The lowest BCUT2D eigenvalue weighted by Crippen LogP contribution is -2.44. The van der Waals surface area contributed by atoms with E-state index in [1.165, 1.54) is 12.1 Å². The quantitative estimate of drug-likeness (QED) is 0.927. The average molecular weight is 344 g/mol. The van der Waals surface area contributed by atoms with Crippen LogP contribution in [0.15, 0.2) is 36.5 Å². The molecule has 1 saturated heterocycles. The number of carbonyl (C=O) groups is 2. The van der Waals surface area contributed by atoms with Gasteiger partial charge in [-0.05, 0) is 31.0 Å². The van der Waals surface area contributed by atoms with Crippen molar-refractivity contribution in [3.8, 4) is 0 Å². The number of nitrogens with zero attached hydrogens (tertiary/aromatic N) is 3. The minimum Gasteiger partial charge on any atom is -0.338 e. The maximum Gasteiger partial charge on any atom is 0.231 e. The molecule has 1 N–H and O–H groups in total. The summed E-state index contributed by atoms with van der Waals surface area (Å²) in [6.07, 6.45) is 2.56. The van der Waals surface area contributed by atoms with Crippen LogP contribution in [0, 0.1) is 11.7 Å². The third-order valence-electron chi connectivity index (χ3n) is 4.63. The number of halogens is 1. The largest absolute Gasteiger partial charge is 0.338 e. The first-order chi connectivity index (χ1) is 12.0.